The molecule has 19 heavy (non-hydrogen) atoms. The van der Waals surface area contributed by atoms with Crippen LogP contribution in [-0.2, 0) is 4.74 Å². The molecule has 0 fully saturated rings. The van der Waals surface area contributed by atoms with E-state index in [-0.39, 0.29) is 11.5 Å². The lowest BCUT2D eigenvalue weighted by Gasteiger charge is -2.10. The zero-order chi connectivity index (χ0) is 14.0. The average molecular weight is 281 g/mol. The van der Waals surface area contributed by atoms with Crippen LogP contribution in [0.25, 0.3) is 0 Å². The molecule has 2 rings (SSSR count). The number of aryl methyl sites for hydroxylation is 1. The molecule has 1 N–H and O–H groups in total. The van der Waals surface area contributed by atoms with Crippen molar-refractivity contribution in [3.63, 3.8) is 0 Å². The summed E-state index contributed by atoms with van der Waals surface area (Å²) < 4.78 is 9.79. The van der Waals surface area contributed by atoms with E-state index in [1.54, 1.807) is 12.1 Å². The highest BCUT2D eigenvalue weighted by Crippen LogP contribution is 2.30. The summed E-state index contributed by atoms with van der Waals surface area (Å²) in [7, 11) is 1.26. The molecule has 1 aromatic heterocycles. The van der Waals surface area contributed by atoms with Crippen molar-refractivity contribution in [1.29, 1.82) is 0 Å². The van der Waals surface area contributed by atoms with Gasteiger partial charge in [-0.25, -0.2) is 4.79 Å². The molecule has 0 bridgehead atoms. The van der Waals surface area contributed by atoms with Gasteiger partial charge in [0, 0.05) is 10.6 Å². The highest BCUT2D eigenvalue weighted by Gasteiger charge is 2.20. The number of carbonyl (C=O) groups is 1. The summed E-state index contributed by atoms with van der Waals surface area (Å²) in [4.78, 5) is 11.3. The standard InChI is InChI=1S/C14H13ClO4/c1-8-3-4-9(10(15)7-8)13(16)11-5-6-12(19-11)14(17)18-2/h3-7,13,16H,1-2H3. The van der Waals surface area contributed by atoms with E-state index in [9.17, 15) is 9.90 Å². The molecule has 1 heterocycles. The van der Waals surface area contributed by atoms with Crippen LogP contribution in [0.3, 0.4) is 0 Å². The van der Waals surface area contributed by atoms with Crippen LogP contribution in [0.5, 0.6) is 0 Å². The highest BCUT2D eigenvalue weighted by atomic mass is 35.5. The van der Waals surface area contributed by atoms with Crippen LogP contribution in [0.15, 0.2) is 34.7 Å². The molecule has 0 spiro atoms. The maximum Gasteiger partial charge on any atom is 0.373 e. The van der Waals surface area contributed by atoms with Crippen LogP contribution in [-0.4, -0.2) is 18.2 Å². The molecule has 4 nitrogen and oxygen atoms in total. The summed E-state index contributed by atoms with van der Waals surface area (Å²) >= 11 is 6.08. The molecular formula is C14H13ClO4. The lowest BCUT2D eigenvalue weighted by Crippen LogP contribution is -2.01. The summed E-state index contributed by atoms with van der Waals surface area (Å²) in [6.07, 6.45) is -1.02. The Hall–Kier alpha value is -1.78. The van der Waals surface area contributed by atoms with E-state index in [0.717, 1.165) is 5.56 Å². The van der Waals surface area contributed by atoms with E-state index in [0.29, 0.717) is 10.6 Å². The Morgan fingerprint density at radius 3 is 2.74 bits per heavy atom. The van der Waals surface area contributed by atoms with E-state index in [1.165, 1.54) is 19.2 Å². The molecule has 0 aliphatic rings. The SMILES string of the molecule is COC(=O)c1ccc(C(O)c2ccc(C)cc2Cl)o1. The van der Waals surface area contributed by atoms with Crippen molar-refractivity contribution in [2.24, 2.45) is 0 Å². The second kappa shape index (κ2) is 5.47. The molecule has 0 radical (unpaired) electrons. The largest absolute Gasteiger partial charge is 0.463 e. The normalized spacial score (nSPS) is 12.2. The Labute approximate surface area is 115 Å². The van der Waals surface area contributed by atoms with Crippen molar-refractivity contribution in [1.82, 2.24) is 0 Å². The first-order chi connectivity index (χ1) is 9.02. The summed E-state index contributed by atoms with van der Waals surface area (Å²) in [5, 5.41) is 10.6. The highest BCUT2D eigenvalue weighted by molar-refractivity contribution is 6.31. The summed E-state index contributed by atoms with van der Waals surface area (Å²) in [5.74, 6) is -0.306. The van der Waals surface area contributed by atoms with Gasteiger partial charge >= 0.3 is 5.97 Å². The van der Waals surface area contributed by atoms with Gasteiger partial charge in [0.25, 0.3) is 0 Å². The number of hydrogen-bond acceptors (Lipinski definition) is 4. The number of hydrogen-bond donors (Lipinski definition) is 1. The molecule has 100 valence electrons. The van der Waals surface area contributed by atoms with Crippen molar-refractivity contribution in [3.05, 3.63) is 58.0 Å². The number of halogens is 1. The number of ether oxygens (including phenoxy) is 1. The first-order valence-electron chi connectivity index (χ1n) is 5.65. The topological polar surface area (TPSA) is 59.7 Å². The fraction of sp³-hybridized carbons (Fsp3) is 0.214. The van der Waals surface area contributed by atoms with Crippen molar-refractivity contribution in [2.45, 2.75) is 13.0 Å². The second-order valence-corrected chi connectivity index (χ2v) is 4.53. The quantitative estimate of drug-likeness (QED) is 0.878. The minimum Gasteiger partial charge on any atom is -0.463 e. The zero-order valence-corrected chi connectivity index (χ0v) is 11.3. The Kier molecular flexibility index (Phi) is 3.93. The Balaban J connectivity index is 2.31. The number of aliphatic hydroxyl groups excluding tert-OH is 1. The molecule has 1 atom stereocenters. The van der Waals surface area contributed by atoms with E-state index < -0.39 is 12.1 Å². The molecule has 1 aromatic carbocycles. The van der Waals surface area contributed by atoms with Crippen LogP contribution in [0, 0.1) is 6.92 Å². The van der Waals surface area contributed by atoms with Crippen LogP contribution < -0.4 is 0 Å². The Bertz CT molecular complexity index is 603. The van der Waals surface area contributed by atoms with Gasteiger partial charge in [0.15, 0.2) is 0 Å². The molecule has 0 aliphatic carbocycles. The first-order valence-corrected chi connectivity index (χ1v) is 6.03. The predicted octanol–water partition coefficient (Wildman–Crippen LogP) is 3.11. The fourth-order valence-electron chi connectivity index (χ4n) is 1.72. The van der Waals surface area contributed by atoms with E-state index in [1.807, 2.05) is 13.0 Å². The van der Waals surface area contributed by atoms with Gasteiger partial charge in [0.1, 0.15) is 11.9 Å². The lowest BCUT2D eigenvalue weighted by atomic mass is 10.1. The number of carbonyl (C=O) groups excluding carboxylic acids is 1. The van der Waals surface area contributed by atoms with Gasteiger partial charge in [0.2, 0.25) is 5.76 Å². The van der Waals surface area contributed by atoms with Crippen LogP contribution >= 0.6 is 11.6 Å². The molecule has 1 unspecified atom stereocenters. The van der Waals surface area contributed by atoms with E-state index >= 15 is 0 Å². The van der Waals surface area contributed by atoms with E-state index in [4.69, 9.17) is 16.0 Å². The summed E-state index contributed by atoms with van der Waals surface area (Å²) in [6, 6.07) is 8.29. The third-order valence-corrected chi connectivity index (χ3v) is 3.06. The van der Waals surface area contributed by atoms with Crippen molar-refractivity contribution in [3.8, 4) is 0 Å². The van der Waals surface area contributed by atoms with Crippen LogP contribution in [0.1, 0.15) is 33.5 Å². The van der Waals surface area contributed by atoms with Crippen molar-refractivity contribution >= 4 is 17.6 Å². The van der Waals surface area contributed by atoms with Gasteiger partial charge in [0.05, 0.1) is 7.11 Å². The second-order valence-electron chi connectivity index (χ2n) is 4.12. The van der Waals surface area contributed by atoms with Gasteiger partial charge in [-0.3, -0.25) is 0 Å². The number of furan rings is 1. The maximum atomic E-state index is 11.3. The van der Waals surface area contributed by atoms with Crippen LogP contribution in [0.4, 0.5) is 0 Å². The number of benzene rings is 1. The molecule has 0 saturated heterocycles. The van der Waals surface area contributed by atoms with Crippen molar-refractivity contribution in [2.75, 3.05) is 7.11 Å². The summed E-state index contributed by atoms with van der Waals surface area (Å²) in [5.41, 5.74) is 1.52. The smallest absolute Gasteiger partial charge is 0.373 e. The fourth-order valence-corrected chi connectivity index (χ4v) is 2.06. The zero-order valence-electron chi connectivity index (χ0n) is 10.5. The minimum absolute atomic E-state index is 0.0415. The van der Waals surface area contributed by atoms with Crippen LogP contribution in [0.2, 0.25) is 5.02 Å². The lowest BCUT2D eigenvalue weighted by molar-refractivity contribution is 0.0558. The Morgan fingerprint density at radius 1 is 1.37 bits per heavy atom. The number of methoxy groups -OCH3 is 1. The van der Waals surface area contributed by atoms with Gasteiger partial charge < -0.3 is 14.3 Å². The number of esters is 1. The molecule has 0 amide bonds. The molecule has 5 heteroatoms. The van der Waals surface area contributed by atoms with Gasteiger partial charge in [-0.15, -0.1) is 0 Å². The van der Waals surface area contributed by atoms with E-state index in [2.05, 4.69) is 4.74 Å². The maximum absolute atomic E-state index is 11.3. The van der Waals surface area contributed by atoms with Crippen molar-refractivity contribution < 1.29 is 19.1 Å². The molecule has 0 saturated carbocycles. The summed E-state index contributed by atoms with van der Waals surface area (Å²) in [6.45, 7) is 1.91. The first kappa shape index (κ1) is 13.6. The monoisotopic (exact) mass is 280 g/mol. The molecule has 0 aliphatic heterocycles. The number of aliphatic hydroxyl groups is 1. The minimum atomic E-state index is -1.02. The molecule has 2 aromatic rings. The number of rotatable bonds is 3. The van der Waals surface area contributed by atoms with Gasteiger partial charge in [-0.1, -0.05) is 23.7 Å². The Morgan fingerprint density at radius 2 is 2.11 bits per heavy atom. The molecular weight excluding hydrogens is 268 g/mol. The average Bonchev–Trinajstić information content (AvgIpc) is 2.86. The van der Waals surface area contributed by atoms with Gasteiger partial charge in [-0.2, -0.15) is 0 Å². The third kappa shape index (κ3) is 2.80. The van der Waals surface area contributed by atoms with Gasteiger partial charge in [-0.05, 0) is 30.7 Å². The predicted molar refractivity (Wildman–Crippen MR) is 70.3 cm³/mol. The third-order valence-electron chi connectivity index (χ3n) is 2.73.